The van der Waals surface area contributed by atoms with E-state index in [9.17, 15) is 4.79 Å². The van der Waals surface area contributed by atoms with Crippen LogP contribution >= 0.6 is 0 Å². The van der Waals surface area contributed by atoms with Crippen molar-refractivity contribution in [2.45, 2.75) is 6.54 Å². The Morgan fingerprint density at radius 2 is 2.10 bits per heavy atom. The van der Waals surface area contributed by atoms with Crippen LogP contribution < -0.4 is 5.56 Å². The summed E-state index contributed by atoms with van der Waals surface area (Å²) in [6.07, 6.45) is 3.35. The van der Waals surface area contributed by atoms with Crippen LogP contribution in [0.25, 0.3) is 22.7 Å². The van der Waals surface area contributed by atoms with Crippen molar-refractivity contribution in [3.8, 4) is 0 Å². The van der Waals surface area contributed by atoms with Gasteiger partial charge in [0, 0.05) is 6.08 Å². The lowest BCUT2D eigenvalue weighted by Gasteiger charge is -2.21. The van der Waals surface area contributed by atoms with Gasteiger partial charge in [-0.2, -0.15) is 0 Å². The molecule has 4 rings (SSSR count). The largest absolute Gasteiger partial charge is 0.488 e. The van der Waals surface area contributed by atoms with Crippen molar-refractivity contribution in [3.05, 3.63) is 64.6 Å². The summed E-state index contributed by atoms with van der Waals surface area (Å²) in [4.78, 5) is 17.1. The third-order valence-corrected chi connectivity index (χ3v) is 3.47. The van der Waals surface area contributed by atoms with Crippen LogP contribution in [0.5, 0.6) is 0 Å². The lowest BCUT2D eigenvalue weighted by molar-refractivity contribution is 0.233. The van der Waals surface area contributed by atoms with Gasteiger partial charge < -0.3 is 9.15 Å². The van der Waals surface area contributed by atoms with Gasteiger partial charge in [0.05, 0.1) is 23.7 Å². The molecule has 104 valence electrons. The van der Waals surface area contributed by atoms with Crippen molar-refractivity contribution in [2.75, 3.05) is 6.61 Å². The number of para-hydroxylation sites is 1. The van der Waals surface area contributed by atoms with Crippen LogP contribution in [0.2, 0.25) is 0 Å². The summed E-state index contributed by atoms with van der Waals surface area (Å²) in [5.74, 6) is 1.77. The van der Waals surface area contributed by atoms with Crippen molar-refractivity contribution in [2.24, 2.45) is 0 Å². The number of hydrogen-bond acceptors (Lipinski definition) is 4. The molecule has 5 nitrogen and oxygen atoms in total. The zero-order valence-corrected chi connectivity index (χ0v) is 11.2. The summed E-state index contributed by atoms with van der Waals surface area (Å²) < 4.78 is 12.6. The first-order valence-electron chi connectivity index (χ1n) is 6.71. The van der Waals surface area contributed by atoms with E-state index in [1.807, 2.05) is 24.3 Å². The number of aromatic nitrogens is 2. The third kappa shape index (κ3) is 1.94. The molecule has 0 atom stereocenters. The van der Waals surface area contributed by atoms with Crippen molar-refractivity contribution in [1.29, 1.82) is 0 Å². The molecule has 0 radical (unpaired) electrons. The Morgan fingerprint density at radius 1 is 1.19 bits per heavy atom. The maximum Gasteiger partial charge on any atom is 0.261 e. The van der Waals surface area contributed by atoms with Crippen molar-refractivity contribution in [1.82, 2.24) is 9.55 Å². The van der Waals surface area contributed by atoms with E-state index in [-0.39, 0.29) is 5.56 Å². The molecule has 0 N–H and O–H groups in total. The molecular formula is C16H12N2O3. The van der Waals surface area contributed by atoms with Crippen LogP contribution in [-0.4, -0.2) is 16.2 Å². The molecule has 1 aliphatic rings. The van der Waals surface area contributed by atoms with Gasteiger partial charge in [-0.05, 0) is 24.3 Å². The molecule has 2 aromatic heterocycles. The van der Waals surface area contributed by atoms with Crippen LogP contribution in [0.3, 0.4) is 0 Å². The van der Waals surface area contributed by atoms with Crippen LogP contribution in [0, 0.1) is 0 Å². The Balaban J connectivity index is 1.97. The minimum absolute atomic E-state index is 0.0377. The van der Waals surface area contributed by atoms with E-state index >= 15 is 0 Å². The lowest BCUT2D eigenvalue weighted by atomic mass is 10.2. The molecule has 0 spiro atoms. The van der Waals surface area contributed by atoms with E-state index in [2.05, 4.69) is 4.98 Å². The number of ether oxygens (including phenoxy) is 1. The number of furan rings is 1. The predicted octanol–water partition coefficient (Wildman–Crippen LogP) is 2.52. The molecule has 0 unspecified atom stereocenters. The zero-order valence-electron chi connectivity index (χ0n) is 11.2. The fourth-order valence-electron chi connectivity index (χ4n) is 2.48. The summed E-state index contributed by atoms with van der Waals surface area (Å²) in [6, 6.07) is 11.0. The van der Waals surface area contributed by atoms with Crippen LogP contribution in [0.15, 0.2) is 51.9 Å². The van der Waals surface area contributed by atoms with E-state index in [1.54, 1.807) is 29.0 Å². The Morgan fingerprint density at radius 3 is 2.95 bits per heavy atom. The Kier molecular flexibility index (Phi) is 2.64. The van der Waals surface area contributed by atoms with E-state index in [1.165, 1.54) is 0 Å². The smallest absolute Gasteiger partial charge is 0.261 e. The molecule has 0 saturated heterocycles. The first-order valence-corrected chi connectivity index (χ1v) is 6.71. The monoisotopic (exact) mass is 280 g/mol. The normalized spacial score (nSPS) is 15.9. The molecular weight excluding hydrogens is 268 g/mol. The standard InChI is InChI=1S/C16H12N2O3/c19-16-12-5-1-2-6-13(12)17-15-14(21-9-7-18(15)16)10-11-4-3-8-20-11/h1-6,8,10H,7,9H2/b14-10-. The molecule has 5 heteroatoms. The topological polar surface area (TPSA) is 57.3 Å². The second-order valence-electron chi connectivity index (χ2n) is 4.78. The van der Waals surface area contributed by atoms with Crippen molar-refractivity contribution in [3.63, 3.8) is 0 Å². The third-order valence-electron chi connectivity index (χ3n) is 3.47. The Hall–Kier alpha value is -2.82. The lowest BCUT2D eigenvalue weighted by Crippen LogP contribution is -2.30. The molecule has 3 heterocycles. The summed E-state index contributed by atoms with van der Waals surface area (Å²) in [7, 11) is 0. The van der Waals surface area contributed by atoms with Gasteiger partial charge in [-0.15, -0.1) is 0 Å². The van der Waals surface area contributed by atoms with Crippen LogP contribution in [0.1, 0.15) is 11.6 Å². The highest BCUT2D eigenvalue weighted by atomic mass is 16.5. The van der Waals surface area contributed by atoms with E-state index in [0.29, 0.717) is 41.4 Å². The number of nitrogens with zero attached hydrogens (tertiary/aromatic N) is 2. The number of benzene rings is 1. The van der Waals surface area contributed by atoms with Gasteiger partial charge in [0.25, 0.3) is 5.56 Å². The second kappa shape index (κ2) is 4.63. The maximum absolute atomic E-state index is 12.5. The van der Waals surface area contributed by atoms with E-state index in [4.69, 9.17) is 9.15 Å². The van der Waals surface area contributed by atoms with Crippen molar-refractivity contribution >= 4 is 22.7 Å². The highest BCUT2D eigenvalue weighted by Gasteiger charge is 2.20. The van der Waals surface area contributed by atoms with E-state index < -0.39 is 0 Å². The summed E-state index contributed by atoms with van der Waals surface area (Å²) in [5, 5.41) is 0.625. The van der Waals surface area contributed by atoms with Gasteiger partial charge in [-0.3, -0.25) is 9.36 Å². The highest BCUT2D eigenvalue weighted by Crippen LogP contribution is 2.22. The molecule has 3 aromatic rings. The number of fused-ring (bicyclic) bond motifs is 2. The molecule has 0 aliphatic carbocycles. The van der Waals surface area contributed by atoms with Crippen LogP contribution in [-0.2, 0) is 11.3 Å². The van der Waals surface area contributed by atoms with Gasteiger partial charge in [-0.25, -0.2) is 4.98 Å². The first-order chi connectivity index (χ1) is 10.3. The quantitative estimate of drug-likeness (QED) is 0.687. The first kappa shape index (κ1) is 12.0. The molecule has 0 amide bonds. The number of rotatable bonds is 1. The minimum atomic E-state index is -0.0377. The van der Waals surface area contributed by atoms with Gasteiger partial charge in [0.1, 0.15) is 12.4 Å². The second-order valence-corrected chi connectivity index (χ2v) is 4.78. The molecule has 1 aliphatic heterocycles. The Labute approximate surface area is 120 Å². The summed E-state index contributed by atoms with van der Waals surface area (Å²) in [5.41, 5.74) is 0.633. The molecule has 0 saturated carbocycles. The zero-order chi connectivity index (χ0) is 14.2. The van der Waals surface area contributed by atoms with Gasteiger partial charge >= 0.3 is 0 Å². The average Bonchev–Trinajstić information content (AvgIpc) is 3.02. The molecule has 0 bridgehead atoms. The van der Waals surface area contributed by atoms with E-state index in [0.717, 1.165) is 0 Å². The van der Waals surface area contributed by atoms with Gasteiger partial charge in [0.15, 0.2) is 11.6 Å². The minimum Gasteiger partial charge on any atom is -0.488 e. The van der Waals surface area contributed by atoms with Gasteiger partial charge in [-0.1, -0.05) is 12.1 Å². The summed E-state index contributed by atoms with van der Waals surface area (Å²) in [6.45, 7) is 0.945. The molecule has 1 aromatic carbocycles. The average molecular weight is 280 g/mol. The molecule has 0 fully saturated rings. The fraction of sp³-hybridized carbons (Fsp3) is 0.125. The predicted molar refractivity (Wildman–Crippen MR) is 78.5 cm³/mol. The van der Waals surface area contributed by atoms with Crippen molar-refractivity contribution < 1.29 is 9.15 Å². The number of hydrogen-bond donors (Lipinski definition) is 0. The maximum atomic E-state index is 12.5. The van der Waals surface area contributed by atoms with Crippen LogP contribution in [0.4, 0.5) is 0 Å². The Bertz CT molecular complexity index is 892. The van der Waals surface area contributed by atoms with Gasteiger partial charge in [0.2, 0.25) is 0 Å². The summed E-state index contributed by atoms with van der Waals surface area (Å²) >= 11 is 0. The molecule has 21 heavy (non-hydrogen) atoms. The fourth-order valence-corrected chi connectivity index (χ4v) is 2.48. The highest BCUT2D eigenvalue weighted by molar-refractivity contribution is 5.81. The SMILES string of the molecule is O=c1c2ccccc2nc2n1CCO/C2=C\c1ccco1.